The zero-order valence-corrected chi connectivity index (χ0v) is 23.4. The number of benzene rings is 2. The predicted octanol–water partition coefficient (Wildman–Crippen LogP) is 3.47. The first kappa shape index (κ1) is 32.2. The van der Waals surface area contributed by atoms with Crippen LogP contribution in [0, 0.1) is 5.92 Å². The molecule has 13 heteroatoms. The van der Waals surface area contributed by atoms with E-state index in [1.807, 2.05) is 0 Å². The molecule has 3 amide bonds. The number of alkyl halides is 3. The van der Waals surface area contributed by atoms with E-state index < -0.39 is 53.7 Å². The standard InChI is InChI=1S/C29H29ClF3N5O4/c1-17(2)24(25(39)29(31,32)33)38-28(42)22(12-18-7-4-3-5-8-18)37-27(41)23(13-19-9-6-10-21(30)11-19)36-26(40)20-14-34-16-35-15-20/h3-11,14-17,22-24H,12-13H2,1-2H3,(H,36,40)(H,37,41)(H,38,42)/t22-,23+,24-/m0/s1. The summed E-state index contributed by atoms with van der Waals surface area (Å²) in [4.78, 5) is 59.5. The minimum Gasteiger partial charge on any atom is -0.344 e. The van der Waals surface area contributed by atoms with Crippen molar-refractivity contribution in [2.75, 3.05) is 0 Å². The van der Waals surface area contributed by atoms with E-state index in [2.05, 4.69) is 25.9 Å². The van der Waals surface area contributed by atoms with Gasteiger partial charge >= 0.3 is 6.18 Å². The van der Waals surface area contributed by atoms with Crippen molar-refractivity contribution in [2.45, 2.75) is 51.0 Å². The summed E-state index contributed by atoms with van der Waals surface area (Å²) in [6.45, 7) is 2.73. The molecule has 0 aliphatic heterocycles. The second kappa shape index (κ2) is 14.5. The van der Waals surface area contributed by atoms with E-state index in [1.165, 1.54) is 32.6 Å². The number of aromatic nitrogens is 2. The molecular weight excluding hydrogens is 575 g/mol. The van der Waals surface area contributed by atoms with Crippen LogP contribution in [0.15, 0.2) is 73.3 Å². The van der Waals surface area contributed by atoms with E-state index >= 15 is 0 Å². The minimum absolute atomic E-state index is 0.0350. The molecule has 0 bridgehead atoms. The topological polar surface area (TPSA) is 130 Å². The van der Waals surface area contributed by atoms with E-state index in [4.69, 9.17) is 11.6 Å². The number of nitrogens with zero attached hydrogens (tertiary/aromatic N) is 2. The van der Waals surface area contributed by atoms with Gasteiger partial charge in [-0.05, 0) is 29.2 Å². The second-order valence-corrected chi connectivity index (χ2v) is 10.3. The Bertz CT molecular complexity index is 1390. The van der Waals surface area contributed by atoms with Gasteiger partial charge in [0, 0.05) is 30.3 Å². The van der Waals surface area contributed by atoms with Gasteiger partial charge in [0.15, 0.2) is 0 Å². The highest BCUT2D eigenvalue weighted by Gasteiger charge is 2.45. The Morgan fingerprint density at radius 3 is 1.98 bits per heavy atom. The molecule has 0 aliphatic rings. The molecule has 0 saturated heterocycles. The lowest BCUT2D eigenvalue weighted by atomic mass is 9.97. The number of hydrogen-bond donors (Lipinski definition) is 3. The number of carbonyl (C=O) groups is 4. The van der Waals surface area contributed by atoms with Gasteiger partial charge in [-0.25, -0.2) is 9.97 Å². The lowest BCUT2D eigenvalue weighted by Crippen LogP contribution is -2.58. The highest BCUT2D eigenvalue weighted by atomic mass is 35.5. The number of hydrogen-bond acceptors (Lipinski definition) is 6. The Morgan fingerprint density at radius 2 is 1.38 bits per heavy atom. The molecule has 42 heavy (non-hydrogen) atoms. The minimum atomic E-state index is -5.17. The molecule has 0 unspecified atom stereocenters. The lowest BCUT2D eigenvalue weighted by molar-refractivity contribution is -0.175. The molecule has 222 valence electrons. The van der Waals surface area contributed by atoms with Crippen LogP contribution < -0.4 is 16.0 Å². The average Bonchev–Trinajstić information content (AvgIpc) is 2.95. The molecule has 1 aromatic heterocycles. The number of ketones is 1. The number of nitrogens with one attached hydrogen (secondary N) is 3. The van der Waals surface area contributed by atoms with Crippen LogP contribution in [-0.2, 0) is 27.2 Å². The SMILES string of the molecule is CC(C)[C@H](NC(=O)[C@H](Cc1ccccc1)NC(=O)[C@@H](Cc1cccc(Cl)c1)NC(=O)c1cncnc1)C(=O)C(F)(F)F. The maximum absolute atomic E-state index is 13.6. The quantitative estimate of drug-likeness (QED) is 0.291. The number of rotatable bonds is 12. The van der Waals surface area contributed by atoms with Crippen molar-refractivity contribution in [1.82, 2.24) is 25.9 Å². The summed E-state index contributed by atoms with van der Waals surface area (Å²) in [5.74, 6) is -5.45. The Hall–Kier alpha value is -4.32. The van der Waals surface area contributed by atoms with Crippen LogP contribution >= 0.6 is 11.6 Å². The average molecular weight is 604 g/mol. The third kappa shape index (κ3) is 9.37. The fraction of sp³-hybridized carbons (Fsp3) is 0.310. The van der Waals surface area contributed by atoms with Gasteiger partial charge in [-0.3, -0.25) is 19.2 Å². The normalized spacial score (nSPS) is 13.5. The Balaban J connectivity index is 1.90. The zero-order valence-electron chi connectivity index (χ0n) is 22.7. The van der Waals surface area contributed by atoms with E-state index in [9.17, 15) is 32.3 Å². The summed E-state index contributed by atoms with van der Waals surface area (Å²) in [5, 5.41) is 7.71. The van der Waals surface area contributed by atoms with Crippen molar-refractivity contribution in [3.63, 3.8) is 0 Å². The maximum atomic E-state index is 13.6. The second-order valence-electron chi connectivity index (χ2n) is 9.83. The highest BCUT2D eigenvalue weighted by Crippen LogP contribution is 2.21. The maximum Gasteiger partial charge on any atom is 0.452 e. The van der Waals surface area contributed by atoms with E-state index in [-0.39, 0.29) is 18.4 Å². The molecule has 9 nitrogen and oxygen atoms in total. The van der Waals surface area contributed by atoms with Crippen LogP contribution in [0.1, 0.15) is 35.3 Å². The van der Waals surface area contributed by atoms with Gasteiger partial charge in [-0.1, -0.05) is 67.9 Å². The van der Waals surface area contributed by atoms with Crippen LogP contribution in [0.3, 0.4) is 0 Å². The molecule has 3 N–H and O–H groups in total. The Kier molecular flexibility index (Phi) is 11.1. The van der Waals surface area contributed by atoms with Crippen molar-refractivity contribution in [2.24, 2.45) is 5.92 Å². The van der Waals surface area contributed by atoms with Crippen molar-refractivity contribution in [1.29, 1.82) is 0 Å². The van der Waals surface area contributed by atoms with Crippen molar-refractivity contribution in [3.05, 3.63) is 95.0 Å². The molecule has 0 radical (unpaired) electrons. The van der Waals surface area contributed by atoms with Crippen LogP contribution in [-0.4, -0.2) is 57.8 Å². The summed E-state index contributed by atoms with van der Waals surface area (Å²) in [6.07, 6.45) is -1.57. The van der Waals surface area contributed by atoms with Crippen LogP contribution in [0.4, 0.5) is 13.2 Å². The smallest absolute Gasteiger partial charge is 0.344 e. The molecular formula is C29H29ClF3N5O4. The molecule has 0 spiro atoms. The molecule has 3 rings (SSSR count). The molecule has 3 aromatic rings. The summed E-state index contributed by atoms with van der Waals surface area (Å²) in [7, 11) is 0. The first-order valence-corrected chi connectivity index (χ1v) is 13.3. The third-order valence-corrected chi connectivity index (χ3v) is 6.45. The summed E-state index contributed by atoms with van der Waals surface area (Å²) in [5.41, 5.74) is 1.26. The van der Waals surface area contributed by atoms with Gasteiger partial charge in [0.05, 0.1) is 11.6 Å². The highest BCUT2D eigenvalue weighted by molar-refractivity contribution is 6.30. The Morgan fingerprint density at radius 1 is 0.810 bits per heavy atom. The largest absolute Gasteiger partial charge is 0.452 e. The fourth-order valence-electron chi connectivity index (χ4n) is 4.06. The summed E-state index contributed by atoms with van der Waals surface area (Å²) < 4.78 is 39.7. The van der Waals surface area contributed by atoms with E-state index in [1.54, 1.807) is 54.6 Å². The van der Waals surface area contributed by atoms with Gasteiger partial charge < -0.3 is 16.0 Å². The molecule has 0 saturated carbocycles. The van der Waals surface area contributed by atoms with E-state index in [0.717, 1.165) is 0 Å². The van der Waals surface area contributed by atoms with Gasteiger partial charge in [-0.2, -0.15) is 13.2 Å². The third-order valence-electron chi connectivity index (χ3n) is 6.22. The predicted molar refractivity (Wildman–Crippen MR) is 148 cm³/mol. The number of carbonyl (C=O) groups excluding carboxylic acids is 4. The molecule has 1 heterocycles. The van der Waals surface area contributed by atoms with Gasteiger partial charge in [0.25, 0.3) is 11.7 Å². The molecule has 2 aromatic carbocycles. The van der Waals surface area contributed by atoms with Crippen molar-refractivity contribution < 1.29 is 32.3 Å². The molecule has 3 atom stereocenters. The van der Waals surface area contributed by atoms with Crippen LogP contribution in [0.5, 0.6) is 0 Å². The zero-order chi connectivity index (χ0) is 30.9. The van der Waals surface area contributed by atoms with E-state index in [0.29, 0.717) is 16.1 Å². The molecule has 0 fully saturated rings. The van der Waals surface area contributed by atoms with Gasteiger partial charge in [-0.15, -0.1) is 0 Å². The van der Waals surface area contributed by atoms with Gasteiger partial charge in [0.1, 0.15) is 18.4 Å². The summed E-state index contributed by atoms with van der Waals surface area (Å²) >= 11 is 6.09. The monoisotopic (exact) mass is 603 g/mol. The van der Waals surface area contributed by atoms with Crippen LogP contribution in [0.2, 0.25) is 5.02 Å². The van der Waals surface area contributed by atoms with Crippen LogP contribution in [0.25, 0.3) is 0 Å². The number of amides is 3. The van der Waals surface area contributed by atoms with Gasteiger partial charge in [0.2, 0.25) is 11.8 Å². The first-order chi connectivity index (χ1) is 19.8. The van der Waals surface area contributed by atoms with Crippen molar-refractivity contribution >= 4 is 35.1 Å². The first-order valence-electron chi connectivity index (χ1n) is 12.9. The number of Topliss-reactive ketones (excluding diaryl/α,β-unsaturated/α-hetero) is 1. The molecule has 0 aliphatic carbocycles. The van der Waals surface area contributed by atoms with Crippen molar-refractivity contribution in [3.8, 4) is 0 Å². The lowest BCUT2D eigenvalue weighted by Gasteiger charge is -2.27. The summed E-state index contributed by atoms with van der Waals surface area (Å²) in [6, 6.07) is 10.6. The number of halogens is 4. The Labute approximate surface area is 245 Å². The fourth-order valence-corrected chi connectivity index (χ4v) is 4.28.